The molecule has 0 aromatic rings. The van der Waals surface area contributed by atoms with Gasteiger partial charge < -0.3 is 10.5 Å². The van der Waals surface area contributed by atoms with Crippen LogP contribution in [0.5, 0.6) is 0 Å². The number of rotatable bonds is 2. The molecule has 0 fully saturated rings. The summed E-state index contributed by atoms with van der Waals surface area (Å²) in [6.07, 6.45) is 1.20. The summed E-state index contributed by atoms with van der Waals surface area (Å²) in [7, 11) is 1.29. The molecule has 0 aliphatic rings. The van der Waals surface area contributed by atoms with Crippen LogP contribution in [0, 0.1) is 0 Å². The first-order valence-electron chi connectivity index (χ1n) is 2.64. The Morgan fingerprint density at radius 3 is 3.00 bits per heavy atom. The lowest BCUT2D eigenvalue weighted by molar-refractivity contribution is -0.134. The Balaban J connectivity index is 3.79. The molecule has 0 heterocycles. The van der Waals surface area contributed by atoms with Gasteiger partial charge in [0.2, 0.25) is 0 Å². The highest BCUT2D eigenvalue weighted by Crippen LogP contribution is 1.80. The van der Waals surface area contributed by atoms with Crippen LogP contribution in [-0.2, 0) is 9.53 Å². The summed E-state index contributed by atoms with van der Waals surface area (Å²) in [4.78, 5) is 10.4. The third kappa shape index (κ3) is 3.21. The van der Waals surface area contributed by atoms with Crippen LogP contribution in [0.3, 0.4) is 0 Å². The predicted octanol–water partition coefficient (Wildman–Crippen LogP) is 0.0219. The first kappa shape index (κ1) is 5.15. The van der Waals surface area contributed by atoms with E-state index in [-0.39, 0.29) is 0 Å². The van der Waals surface area contributed by atoms with Crippen LogP contribution in [0.1, 0.15) is 6.92 Å². The third-order valence-electron chi connectivity index (χ3n) is 0.536. The van der Waals surface area contributed by atoms with Gasteiger partial charge in [-0.05, 0) is 6.92 Å². The predicted molar refractivity (Wildman–Crippen MR) is 30.0 cm³/mol. The number of carbonyl (C=O) groups excluding carboxylic acids is 1. The maximum absolute atomic E-state index is 10.4. The van der Waals surface area contributed by atoms with Crippen LogP contribution in [0.15, 0.2) is 11.8 Å². The van der Waals surface area contributed by atoms with Gasteiger partial charge in [0.15, 0.2) is 1.41 Å². The lowest BCUT2D eigenvalue weighted by Crippen LogP contribution is -2.00. The van der Waals surface area contributed by atoms with Crippen molar-refractivity contribution in [3.05, 3.63) is 11.8 Å². The van der Waals surface area contributed by atoms with Crippen LogP contribution >= 0.6 is 0 Å². The largest absolute Gasteiger partial charge is 0.466 e. The molecule has 0 saturated heterocycles. The van der Waals surface area contributed by atoms with Gasteiger partial charge in [-0.25, -0.2) is 4.79 Å². The maximum atomic E-state index is 10.4. The topological polar surface area (TPSA) is 52.3 Å². The van der Waals surface area contributed by atoms with E-state index in [0.29, 0.717) is 5.70 Å². The van der Waals surface area contributed by atoms with Crippen molar-refractivity contribution in [1.29, 1.82) is 0 Å². The normalized spacial score (nSPS) is 12.2. The summed E-state index contributed by atoms with van der Waals surface area (Å²) in [5, 5.41) is 0. The molecular weight excluding hydrogens is 106 g/mol. The zero-order valence-corrected chi connectivity index (χ0v) is 4.89. The molecular formula is C5H9NO2. The lowest BCUT2D eigenvalue weighted by atomic mass is 10.4. The van der Waals surface area contributed by atoms with Crippen molar-refractivity contribution in [3.8, 4) is 0 Å². The summed E-state index contributed by atoms with van der Waals surface area (Å²) in [6.45, 7) is 1.60. The third-order valence-corrected chi connectivity index (χ3v) is 0.536. The minimum atomic E-state index is -0.452. The highest BCUT2D eigenvalue weighted by Gasteiger charge is 1.89. The van der Waals surface area contributed by atoms with E-state index in [1.54, 1.807) is 6.92 Å². The Morgan fingerprint density at radius 1 is 2.00 bits per heavy atom. The summed E-state index contributed by atoms with van der Waals surface area (Å²) in [5.41, 5.74) is 2.50. The number of hydrogen-bond donors (Lipinski definition) is 1. The van der Waals surface area contributed by atoms with Crippen LogP contribution in [0.2, 0.25) is 1.41 Å². The van der Waals surface area contributed by atoms with Crippen molar-refractivity contribution in [2.75, 3.05) is 7.11 Å². The van der Waals surface area contributed by atoms with E-state index in [1.807, 2.05) is 5.73 Å². The quantitative estimate of drug-likeness (QED) is 0.409. The molecule has 3 nitrogen and oxygen atoms in total. The van der Waals surface area contributed by atoms with E-state index < -0.39 is 5.97 Å². The fourth-order valence-electron chi connectivity index (χ4n) is 0.236. The summed E-state index contributed by atoms with van der Waals surface area (Å²) >= 11 is 0. The standard InChI is InChI=1S/C5H9NO2/c1-4(6)3-5(7)8-2/h3H,6H2,1-2H3/b4-3-/i/hD. The fraction of sp³-hybridized carbons (Fsp3) is 0.400. The van der Waals surface area contributed by atoms with Gasteiger partial charge in [0, 0.05) is 11.8 Å². The Labute approximate surface area is 49.6 Å². The van der Waals surface area contributed by atoms with Crippen molar-refractivity contribution in [1.82, 2.24) is 0 Å². The van der Waals surface area contributed by atoms with Crippen molar-refractivity contribution in [3.63, 3.8) is 0 Å². The number of allylic oxidation sites excluding steroid dienone is 1. The Morgan fingerprint density at radius 2 is 2.62 bits per heavy atom. The Hall–Kier alpha value is -0.990. The fourth-order valence-corrected chi connectivity index (χ4v) is 0.236. The summed E-state index contributed by atoms with van der Waals surface area (Å²) in [6, 6.07) is 0. The minimum Gasteiger partial charge on any atom is -0.466 e. The molecule has 0 aliphatic carbocycles. The van der Waals surface area contributed by atoms with E-state index >= 15 is 0 Å². The molecule has 3 heteroatoms. The lowest BCUT2D eigenvalue weighted by Gasteiger charge is -1.89. The highest BCUT2D eigenvalue weighted by atomic mass is 16.5. The van der Waals surface area contributed by atoms with Crippen LogP contribution in [-0.4, -0.2) is 13.1 Å². The molecule has 0 aromatic carbocycles. The van der Waals surface area contributed by atoms with E-state index in [2.05, 4.69) is 4.74 Å². The second-order valence-electron chi connectivity index (χ2n) is 1.35. The SMILES string of the molecule is [2H]N/C(C)=C\C(=O)OC. The second kappa shape index (κ2) is 3.07. The molecule has 0 amide bonds. The zero-order valence-electron chi connectivity index (χ0n) is 5.89. The van der Waals surface area contributed by atoms with Crippen molar-refractivity contribution >= 4 is 5.97 Å². The van der Waals surface area contributed by atoms with E-state index in [9.17, 15) is 4.79 Å². The smallest absolute Gasteiger partial charge is 0.332 e. The van der Waals surface area contributed by atoms with Gasteiger partial charge in [-0.2, -0.15) is 0 Å². The van der Waals surface area contributed by atoms with Crippen LogP contribution in [0.25, 0.3) is 0 Å². The first-order chi connectivity index (χ1) is 4.20. The molecule has 0 bridgehead atoms. The van der Waals surface area contributed by atoms with Gasteiger partial charge in [-0.15, -0.1) is 0 Å². The molecule has 0 atom stereocenters. The molecule has 0 spiro atoms. The zero-order chi connectivity index (χ0) is 7.28. The number of nitrogens with two attached hydrogens (primary N) is 1. The summed E-state index contributed by atoms with van der Waals surface area (Å²) < 4.78 is 10.8. The highest BCUT2D eigenvalue weighted by molar-refractivity contribution is 5.82. The maximum Gasteiger partial charge on any atom is 0.332 e. The van der Waals surface area contributed by atoms with E-state index in [4.69, 9.17) is 1.41 Å². The second-order valence-corrected chi connectivity index (χ2v) is 1.35. The monoisotopic (exact) mass is 116 g/mol. The van der Waals surface area contributed by atoms with Gasteiger partial charge in [-0.1, -0.05) is 0 Å². The molecule has 0 rings (SSSR count). The van der Waals surface area contributed by atoms with E-state index in [1.165, 1.54) is 13.2 Å². The molecule has 46 valence electrons. The van der Waals surface area contributed by atoms with Crippen molar-refractivity contribution in [2.24, 2.45) is 5.73 Å². The van der Waals surface area contributed by atoms with Crippen molar-refractivity contribution < 1.29 is 10.9 Å². The molecule has 0 saturated carbocycles. The van der Waals surface area contributed by atoms with Crippen LogP contribution in [0.4, 0.5) is 0 Å². The van der Waals surface area contributed by atoms with Gasteiger partial charge >= 0.3 is 5.97 Å². The van der Waals surface area contributed by atoms with Gasteiger partial charge in [-0.3, -0.25) is 0 Å². The van der Waals surface area contributed by atoms with Crippen molar-refractivity contribution in [2.45, 2.75) is 6.92 Å². The molecule has 0 aromatic heterocycles. The van der Waals surface area contributed by atoms with E-state index in [0.717, 1.165) is 0 Å². The van der Waals surface area contributed by atoms with Crippen LogP contribution < -0.4 is 5.73 Å². The number of carbonyl (C=O) groups is 1. The minimum absolute atomic E-state index is 0.452. The Kier molecular flexibility index (Phi) is 1.98. The molecule has 0 unspecified atom stereocenters. The average Bonchev–Trinajstić information content (AvgIpc) is 1.87. The average molecular weight is 116 g/mol. The number of methoxy groups -OCH3 is 1. The number of esters is 1. The molecule has 0 aliphatic heterocycles. The molecule has 2 N–H and O–H groups in total. The number of hydrogen-bond acceptors (Lipinski definition) is 3. The molecule has 8 heavy (non-hydrogen) atoms. The summed E-state index contributed by atoms with van der Waals surface area (Å²) in [5.74, 6) is -0.452. The molecule has 0 radical (unpaired) electrons. The van der Waals surface area contributed by atoms with Gasteiger partial charge in [0.1, 0.15) is 0 Å². The van der Waals surface area contributed by atoms with Gasteiger partial charge in [0.25, 0.3) is 0 Å². The first-order valence-corrected chi connectivity index (χ1v) is 2.14. The van der Waals surface area contributed by atoms with Gasteiger partial charge in [0.05, 0.1) is 7.11 Å². The Bertz CT molecular complexity index is 133. The number of ether oxygens (including phenoxy) is 1.